The van der Waals surface area contributed by atoms with Gasteiger partial charge in [0.25, 0.3) is 0 Å². The zero-order valence-corrected chi connectivity index (χ0v) is 20.0. The van der Waals surface area contributed by atoms with E-state index in [2.05, 4.69) is 16.1 Å². The maximum Gasteiger partial charge on any atom is 0.334 e. The van der Waals surface area contributed by atoms with Gasteiger partial charge in [-0.05, 0) is 93.0 Å². The lowest BCUT2D eigenvalue weighted by Crippen LogP contribution is -2.51. The van der Waals surface area contributed by atoms with Gasteiger partial charge in [-0.3, -0.25) is 0 Å². The van der Waals surface area contributed by atoms with Crippen LogP contribution in [0, 0.1) is 13.8 Å². The normalized spacial score (nSPS) is 18.1. The minimum absolute atomic E-state index is 0.251. The van der Waals surface area contributed by atoms with Crippen molar-refractivity contribution in [2.24, 2.45) is 0 Å². The van der Waals surface area contributed by atoms with Crippen LogP contribution in [-0.2, 0) is 40.6 Å². The molecule has 2 aliphatic carbocycles. The molecular formula is C24H31N3O5S. The number of urea groups is 1. The number of aryl methyl sites for hydroxylation is 3. The van der Waals surface area contributed by atoms with Crippen LogP contribution >= 0.6 is 0 Å². The van der Waals surface area contributed by atoms with Gasteiger partial charge in [-0.2, -0.15) is 8.42 Å². The Morgan fingerprint density at radius 2 is 1.67 bits per heavy atom. The number of carbonyl (C=O) groups excluding carboxylic acids is 1. The maximum absolute atomic E-state index is 13.5. The number of hydrogen-bond donors (Lipinski definition) is 2. The van der Waals surface area contributed by atoms with Gasteiger partial charge in [0, 0.05) is 24.5 Å². The van der Waals surface area contributed by atoms with Crippen molar-refractivity contribution < 1.29 is 22.4 Å². The number of nitrogens with one attached hydrogen (secondary N) is 2. The van der Waals surface area contributed by atoms with E-state index >= 15 is 0 Å². The molecule has 0 bridgehead atoms. The van der Waals surface area contributed by atoms with Crippen molar-refractivity contribution in [1.82, 2.24) is 4.72 Å². The van der Waals surface area contributed by atoms with Gasteiger partial charge < -0.3 is 14.5 Å². The highest BCUT2D eigenvalue weighted by Crippen LogP contribution is 2.38. The van der Waals surface area contributed by atoms with E-state index in [1.165, 1.54) is 15.4 Å². The van der Waals surface area contributed by atoms with E-state index in [1.54, 1.807) is 6.26 Å². The Bertz CT molecular complexity index is 1150. The van der Waals surface area contributed by atoms with E-state index in [0.717, 1.165) is 66.5 Å². The third-order valence-corrected chi connectivity index (χ3v) is 8.60. The molecule has 1 aromatic heterocycles. The zero-order chi connectivity index (χ0) is 23.2. The molecular weight excluding hydrogens is 442 g/mol. The van der Waals surface area contributed by atoms with E-state index in [4.69, 9.17) is 9.15 Å². The minimum atomic E-state index is -4.21. The summed E-state index contributed by atoms with van der Waals surface area (Å²) in [6, 6.07) is 1.19. The first-order valence-electron chi connectivity index (χ1n) is 11.8. The fourth-order valence-corrected chi connectivity index (χ4v) is 6.76. The topological polar surface area (TPSA) is 101 Å². The molecule has 33 heavy (non-hydrogen) atoms. The number of ether oxygens (including phenoxy) is 1. The van der Waals surface area contributed by atoms with Crippen molar-refractivity contribution >= 4 is 27.8 Å². The van der Waals surface area contributed by atoms with Gasteiger partial charge in [-0.25, -0.2) is 13.8 Å². The first-order chi connectivity index (χ1) is 15.8. The molecule has 0 saturated carbocycles. The second kappa shape index (κ2) is 8.68. The highest BCUT2D eigenvalue weighted by molar-refractivity contribution is 7.91. The molecule has 9 heteroatoms. The van der Waals surface area contributed by atoms with Gasteiger partial charge in [-0.1, -0.05) is 6.07 Å². The van der Waals surface area contributed by atoms with Gasteiger partial charge >= 0.3 is 16.2 Å². The summed E-state index contributed by atoms with van der Waals surface area (Å²) in [5, 5.41) is 2.92. The Morgan fingerprint density at radius 1 is 1.03 bits per heavy atom. The summed E-state index contributed by atoms with van der Waals surface area (Å²) < 4.78 is 41.6. The van der Waals surface area contributed by atoms with E-state index in [0.29, 0.717) is 26.1 Å². The van der Waals surface area contributed by atoms with Crippen LogP contribution in [0.3, 0.4) is 0 Å². The van der Waals surface area contributed by atoms with Crippen LogP contribution in [0.25, 0.3) is 0 Å². The average Bonchev–Trinajstić information content (AvgIpc) is 3.51. The number of carbonyl (C=O) groups is 1. The van der Waals surface area contributed by atoms with Crippen molar-refractivity contribution in [2.45, 2.75) is 71.3 Å². The molecule has 1 aliphatic heterocycles. The molecule has 1 aromatic carbocycles. The zero-order valence-electron chi connectivity index (χ0n) is 19.2. The van der Waals surface area contributed by atoms with E-state index in [-0.39, 0.29) is 11.9 Å². The van der Waals surface area contributed by atoms with Crippen molar-refractivity contribution in [1.29, 1.82) is 0 Å². The van der Waals surface area contributed by atoms with Crippen molar-refractivity contribution in [3.63, 3.8) is 0 Å². The predicted molar refractivity (Wildman–Crippen MR) is 126 cm³/mol. The molecule has 2 heterocycles. The van der Waals surface area contributed by atoms with Gasteiger partial charge in [0.2, 0.25) is 5.88 Å². The molecule has 8 nitrogen and oxygen atoms in total. The fourth-order valence-electron chi connectivity index (χ4n) is 5.37. The molecule has 2 N–H and O–H groups in total. The van der Waals surface area contributed by atoms with E-state index < -0.39 is 16.2 Å². The van der Waals surface area contributed by atoms with Crippen LogP contribution in [-0.4, -0.2) is 33.7 Å². The van der Waals surface area contributed by atoms with Crippen LogP contribution in [0.2, 0.25) is 0 Å². The van der Waals surface area contributed by atoms with E-state index in [9.17, 15) is 13.2 Å². The summed E-state index contributed by atoms with van der Waals surface area (Å²) in [5.74, 6) is 0.251. The monoisotopic (exact) mass is 473 g/mol. The number of nitrogens with zero attached hydrogens (tertiary/aromatic N) is 1. The molecule has 1 fully saturated rings. The van der Waals surface area contributed by atoms with E-state index in [1.807, 2.05) is 13.8 Å². The molecule has 3 aliphatic rings. The average molecular weight is 474 g/mol. The largest absolute Gasteiger partial charge is 0.447 e. The highest BCUT2D eigenvalue weighted by atomic mass is 32.2. The Balaban J connectivity index is 1.43. The molecule has 2 amide bonds. The first-order valence-corrected chi connectivity index (χ1v) is 13.2. The Labute approximate surface area is 194 Å². The molecule has 0 radical (unpaired) electrons. The molecule has 1 saturated heterocycles. The maximum atomic E-state index is 13.5. The van der Waals surface area contributed by atoms with Crippen LogP contribution in [0.5, 0.6) is 0 Å². The Kier molecular flexibility index (Phi) is 5.86. The smallest absolute Gasteiger partial charge is 0.334 e. The fraction of sp³-hybridized carbons (Fsp3) is 0.542. The van der Waals surface area contributed by atoms with Crippen LogP contribution in [0.4, 0.5) is 16.4 Å². The number of amides is 2. The highest BCUT2D eigenvalue weighted by Gasteiger charge is 2.36. The summed E-state index contributed by atoms with van der Waals surface area (Å²) >= 11 is 0. The number of furan rings is 1. The van der Waals surface area contributed by atoms with Gasteiger partial charge in [0.1, 0.15) is 0 Å². The summed E-state index contributed by atoms with van der Waals surface area (Å²) in [6.45, 7) is 4.62. The second-order valence-corrected chi connectivity index (χ2v) is 10.8. The lowest BCUT2D eigenvalue weighted by Gasteiger charge is -2.33. The lowest BCUT2D eigenvalue weighted by molar-refractivity contribution is 0.0869. The lowest BCUT2D eigenvalue weighted by atomic mass is 9.99. The summed E-state index contributed by atoms with van der Waals surface area (Å²) in [7, 11) is -4.21. The van der Waals surface area contributed by atoms with Crippen molar-refractivity contribution in [2.75, 3.05) is 22.8 Å². The number of anilines is 2. The number of fused-ring (bicyclic) bond motifs is 2. The van der Waals surface area contributed by atoms with Crippen LogP contribution in [0.15, 0.2) is 16.7 Å². The quantitative estimate of drug-likeness (QED) is 0.685. The number of rotatable bonds is 5. The molecule has 5 rings (SSSR count). The summed E-state index contributed by atoms with van der Waals surface area (Å²) in [4.78, 5) is 13.1. The second-order valence-electron chi connectivity index (χ2n) is 9.28. The minimum Gasteiger partial charge on any atom is -0.447 e. The Morgan fingerprint density at radius 3 is 2.24 bits per heavy atom. The summed E-state index contributed by atoms with van der Waals surface area (Å²) in [5.41, 5.74) is 7.28. The molecule has 0 unspecified atom stereocenters. The molecule has 2 aromatic rings. The Hall–Kier alpha value is -2.52. The number of benzene rings is 1. The van der Waals surface area contributed by atoms with Gasteiger partial charge in [0.15, 0.2) is 0 Å². The molecule has 0 atom stereocenters. The molecule has 0 spiro atoms. The van der Waals surface area contributed by atoms with Crippen molar-refractivity contribution in [3.05, 3.63) is 45.7 Å². The van der Waals surface area contributed by atoms with Gasteiger partial charge in [0.05, 0.1) is 12.3 Å². The molecule has 178 valence electrons. The standard InChI is InChI=1S/C24H31N3O5S/c1-15-14-32-23(16(15)2)27(19-9-11-31-12-10-19)33(29,30)26-24(28)25-22-20-7-3-5-17(20)13-18-6-4-8-21(18)22/h13-14,19H,3-12H2,1-2H3,(H2,25,26,28). The predicted octanol–water partition coefficient (Wildman–Crippen LogP) is 3.93. The van der Waals surface area contributed by atoms with Crippen LogP contribution < -0.4 is 14.3 Å². The third-order valence-electron chi connectivity index (χ3n) is 7.17. The SMILES string of the molecule is Cc1coc(N(C2CCOCC2)S(=O)(=O)NC(=O)Nc2c3c(cc4c2CCC4)CCC3)c1C. The van der Waals surface area contributed by atoms with Crippen LogP contribution in [0.1, 0.15) is 59.1 Å². The first kappa shape index (κ1) is 22.3. The number of hydrogen-bond acceptors (Lipinski definition) is 5. The van der Waals surface area contributed by atoms with Crippen molar-refractivity contribution in [3.8, 4) is 0 Å². The third kappa shape index (κ3) is 4.12. The summed E-state index contributed by atoms with van der Waals surface area (Å²) in [6.07, 6.45) is 8.54. The van der Waals surface area contributed by atoms with Gasteiger partial charge in [-0.15, -0.1) is 0 Å².